The lowest BCUT2D eigenvalue weighted by Gasteiger charge is -2.00. The molecule has 0 N–H and O–H groups in total. The van der Waals surface area contributed by atoms with Crippen molar-refractivity contribution in [1.29, 1.82) is 0 Å². The molecule has 0 radical (unpaired) electrons. The SMILES string of the molecule is C\C=C/C=C(C)\C=C(/C)SCCCC. The lowest BCUT2D eigenvalue weighted by atomic mass is 10.2. The zero-order valence-corrected chi connectivity index (χ0v) is 10.7. The molecule has 0 aromatic heterocycles. The molecule has 0 saturated carbocycles. The van der Waals surface area contributed by atoms with Gasteiger partial charge < -0.3 is 0 Å². The molecule has 0 aromatic rings. The van der Waals surface area contributed by atoms with Gasteiger partial charge in [0.15, 0.2) is 0 Å². The van der Waals surface area contributed by atoms with Crippen molar-refractivity contribution < 1.29 is 0 Å². The summed E-state index contributed by atoms with van der Waals surface area (Å²) in [7, 11) is 0. The van der Waals surface area contributed by atoms with Crippen molar-refractivity contribution in [2.75, 3.05) is 5.75 Å². The van der Waals surface area contributed by atoms with Crippen LogP contribution in [0.4, 0.5) is 0 Å². The summed E-state index contributed by atoms with van der Waals surface area (Å²) in [6.07, 6.45) is 11.1. The van der Waals surface area contributed by atoms with E-state index in [2.05, 4.69) is 45.1 Å². The third-order valence-electron chi connectivity index (χ3n) is 1.81. The fourth-order valence-corrected chi connectivity index (χ4v) is 2.06. The van der Waals surface area contributed by atoms with Crippen LogP contribution in [-0.2, 0) is 0 Å². The molecule has 14 heavy (non-hydrogen) atoms. The summed E-state index contributed by atoms with van der Waals surface area (Å²) in [6.45, 7) is 8.60. The molecule has 80 valence electrons. The van der Waals surface area contributed by atoms with Gasteiger partial charge in [-0.1, -0.05) is 43.2 Å². The van der Waals surface area contributed by atoms with Crippen LogP contribution in [0.2, 0.25) is 0 Å². The molecule has 0 nitrogen and oxygen atoms in total. The van der Waals surface area contributed by atoms with Crippen LogP contribution in [0.15, 0.2) is 34.8 Å². The third kappa shape index (κ3) is 8.18. The van der Waals surface area contributed by atoms with Crippen LogP contribution in [0.25, 0.3) is 0 Å². The molecule has 0 rings (SSSR count). The second-order valence-corrected chi connectivity index (χ2v) is 4.73. The minimum atomic E-state index is 1.25. The van der Waals surface area contributed by atoms with Gasteiger partial charge in [0, 0.05) is 0 Å². The number of unbranched alkanes of at least 4 members (excludes halogenated alkanes) is 1. The van der Waals surface area contributed by atoms with E-state index in [4.69, 9.17) is 0 Å². The van der Waals surface area contributed by atoms with Crippen molar-refractivity contribution in [2.45, 2.75) is 40.5 Å². The predicted octanol–water partition coefficient (Wildman–Crippen LogP) is 4.95. The zero-order valence-electron chi connectivity index (χ0n) is 9.84. The molecule has 0 aromatic carbocycles. The smallest absolute Gasteiger partial charge is 0.00234 e. The lowest BCUT2D eigenvalue weighted by molar-refractivity contribution is 0.897. The zero-order chi connectivity index (χ0) is 10.8. The van der Waals surface area contributed by atoms with Gasteiger partial charge in [0.1, 0.15) is 0 Å². The first-order valence-corrected chi connectivity index (χ1v) is 6.30. The van der Waals surface area contributed by atoms with Crippen molar-refractivity contribution in [2.24, 2.45) is 0 Å². The maximum Gasteiger partial charge on any atom is -0.00234 e. The van der Waals surface area contributed by atoms with E-state index in [9.17, 15) is 0 Å². The first-order chi connectivity index (χ1) is 6.70. The summed E-state index contributed by atoms with van der Waals surface area (Å²) in [5, 5.41) is 0. The summed E-state index contributed by atoms with van der Waals surface area (Å²) < 4.78 is 0. The highest BCUT2D eigenvalue weighted by molar-refractivity contribution is 8.03. The number of hydrogen-bond donors (Lipinski definition) is 0. The normalized spacial score (nSPS) is 14.0. The van der Waals surface area contributed by atoms with Gasteiger partial charge in [0.2, 0.25) is 0 Å². The minimum Gasteiger partial charge on any atom is -0.131 e. The minimum absolute atomic E-state index is 1.25. The van der Waals surface area contributed by atoms with E-state index in [0.717, 1.165) is 0 Å². The van der Waals surface area contributed by atoms with Crippen molar-refractivity contribution in [3.8, 4) is 0 Å². The molecule has 0 unspecified atom stereocenters. The van der Waals surface area contributed by atoms with Crippen molar-refractivity contribution in [3.05, 3.63) is 34.8 Å². The Labute approximate surface area is 93.2 Å². The average Bonchev–Trinajstić information content (AvgIpc) is 2.15. The molecule has 0 saturated heterocycles. The maximum atomic E-state index is 2.25. The molecule has 0 atom stereocenters. The van der Waals surface area contributed by atoms with E-state index in [1.807, 2.05) is 18.7 Å². The van der Waals surface area contributed by atoms with Crippen LogP contribution >= 0.6 is 11.8 Å². The van der Waals surface area contributed by atoms with Crippen molar-refractivity contribution in [3.63, 3.8) is 0 Å². The summed E-state index contributed by atoms with van der Waals surface area (Å²) >= 11 is 1.96. The van der Waals surface area contributed by atoms with E-state index in [1.165, 1.54) is 29.1 Å². The topological polar surface area (TPSA) is 0 Å². The molecular weight excluding hydrogens is 188 g/mol. The quantitative estimate of drug-likeness (QED) is 0.442. The highest BCUT2D eigenvalue weighted by atomic mass is 32.2. The average molecular weight is 210 g/mol. The fraction of sp³-hybridized carbons (Fsp3) is 0.538. The molecular formula is C13H22S. The Morgan fingerprint density at radius 2 is 2.00 bits per heavy atom. The van der Waals surface area contributed by atoms with E-state index in [-0.39, 0.29) is 0 Å². The first-order valence-electron chi connectivity index (χ1n) is 5.31. The fourth-order valence-electron chi connectivity index (χ4n) is 1.04. The van der Waals surface area contributed by atoms with Gasteiger partial charge in [-0.3, -0.25) is 0 Å². The first kappa shape index (κ1) is 13.6. The summed E-state index contributed by atoms with van der Waals surface area (Å²) in [5.41, 5.74) is 1.32. The number of rotatable bonds is 6. The molecule has 0 aliphatic rings. The molecule has 0 amide bonds. The van der Waals surface area contributed by atoms with Crippen LogP contribution in [0.1, 0.15) is 40.5 Å². The van der Waals surface area contributed by atoms with Gasteiger partial charge in [-0.05, 0) is 37.9 Å². The summed E-state index contributed by atoms with van der Waals surface area (Å²) in [4.78, 5) is 1.41. The van der Waals surface area contributed by atoms with Gasteiger partial charge in [0.25, 0.3) is 0 Å². The van der Waals surface area contributed by atoms with Crippen LogP contribution in [-0.4, -0.2) is 5.75 Å². The highest BCUT2D eigenvalue weighted by Crippen LogP contribution is 2.18. The summed E-state index contributed by atoms with van der Waals surface area (Å²) in [6, 6.07) is 0. The predicted molar refractivity (Wildman–Crippen MR) is 69.7 cm³/mol. The molecule has 0 bridgehead atoms. The Kier molecular flexibility index (Phi) is 8.86. The number of thioether (sulfide) groups is 1. The van der Waals surface area contributed by atoms with Crippen molar-refractivity contribution >= 4 is 11.8 Å². The molecule has 0 fully saturated rings. The monoisotopic (exact) mass is 210 g/mol. The summed E-state index contributed by atoms with van der Waals surface area (Å²) in [5.74, 6) is 1.25. The van der Waals surface area contributed by atoms with Gasteiger partial charge in [-0.25, -0.2) is 0 Å². The van der Waals surface area contributed by atoms with E-state index >= 15 is 0 Å². The molecule has 0 spiro atoms. The van der Waals surface area contributed by atoms with Crippen molar-refractivity contribution in [1.82, 2.24) is 0 Å². The van der Waals surface area contributed by atoms with Gasteiger partial charge in [-0.15, -0.1) is 11.8 Å². The molecule has 0 aliphatic carbocycles. The molecule has 0 aliphatic heterocycles. The van der Waals surface area contributed by atoms with Gasteiger partial charge >= 0.3 is 0 Å². The van der Waals surface area contributed by atoms with Gasteiger partial charge in [-0.2, -0.15) is 0 Å². The highest BCUT2D eigenvalue weighted by Gasteiger charge is 1.90. The third-order valence-corrected chi connectivity index (χ3v) is 2.88. The Bertz CT molecular complexity index is 221. The second-order valence-electron chi connectivity index (χ2n) is 3.39. The molecule has 0 heterocycles. The molecule has 1 heteroatoms. The Morgan fingerprint density at radius 3 is 2.57 bits per heavy atom. The van der Waals surface area contributed by atoms with E-state index < -0.39 is 0 Å². The van der Waals surface area contributed by atoms with Crippen LogP contribution in [0.3, 0.4) is 0 Å². The Morgan fingerprint density at radius 1 is 1.29 bits per heavy atom. The maximum absolute atomic E-state index is 2.25. The van der Waals surface area contributed by atoms with E-state index in [1.54, 1.807) is 0 Å². The van der Waals surface area contributed by atoms with Crippen LogP contribution in [0, 0.1) is 0 Å². The number of hydrogen-bond acceptors (Lipinski definition) is 1. The van der Waals surface area contributed by atoms with Gasteiger partial charge in [0.05, 0.1) is 0 Å². The van der Waals surface area contributed by atoms with Crippen LogP contribution < -0.4 is 0 Å². The van der Waals surface area contributed by atoms with Crippen LogP contribution in [0.5, 0.6) is 0 Å². The van der Waals surface area contributed by atoms with E-state index in [0.29, 0.717) is 0 Å². The number of allylic oxidation sites excluding steroid dienone is 6. The standard InChI is InChI=1S/C13H22S/c1-5-7-9-12(3)11-13(4)14-10-8-6-2/h5,7,9,11H,6,8,10H2,1-4H3/b7-5-,12-9-,13-11+. The lowest BCUT2D eigenvalue weighted by Crippen LogP contribution is -1.78. The largest absolute Gasteiger partial charge is 0.131 e. The second kappa shape index (κ2) is 9.14. The Hall–Kier alpha value is -0.430. The Balaban J connectivity index is 3.95.